The largest absolute Gasteiger partial charge is 0.379 e. The van der Waals surface area contributed by atoms with Crippen LogP contribution in [0.3, 0.4) is 0 Å². The van der Waals surface area contributed by atoms with E-state index in [2.05, 4.69) is 33.2 Å². The predicted molar refractivity (Wildman–Crippen MR) is 79.7 cm³/mol. The van der Waals surface area contributed by atoms with E-state index in [4.69, 9.17) is 4.74 Å². The van der Waals surface area contributed by atoms with Gasteiger partial charge < -0.3 is 15.0 Å². The second kappa shape index (κ2) is 6.35. The summed E-state index contributed by atoms with van der Waals surface area (Å²) in [5.41, 5.74) is 2.24. The number of hydrogen-bond donors (Lipinski definition) is 2. The highest BCUT2D eigenvalue weighted by atomic mass is 16.5. The quantitative estimate of drug-likeness (QED) is 0.865. The summed E-state index contributed by atoms with van der Waals surface area (Å²) in [4.78, 5) is 9.99. The number of aromatic nitrogens is 2. The Labute approximate surface area is 119 Å². The Morgan fingerprint density at radius 2 is 2.30 bits per heavy atom. The number of H-pyrrole nitrogens is 1. The lowest BCUT2D eigenvalue weighted by atomic mass is 10.2. The third-order valence-corrected chi connectivity index (χ3v) is 3.81. The molecule has 0 radical (unpaired) electrons. The van der Waals surface area contributed by atoms with E-state index in [1.54, 1.807) is 0 Å². The van der Waals surface area contributed by atoms with Gasteiger partial charge in [-0.05, 0) is 24.6 Å². The van der Waals surface area contributed by atoms with Gasteiger partial charge in [0.25, 0.3) is 0 Å². The molecule has 5 nitrogen and oxygen atoms in total. The van der Waals surface area contributed by atoms with E-state index >= 15 is 0 Å². The number of pyridine rings is 1. The van der Waals surface area contributed by atoms with Gasteiger partial charge in [-0.25, -0.2) is 4.98 Å². The smallest absolute Gasteiger partial charge is 0.137 e. The van der Waals surface area contributed by atoms with Crippen molar-refractivity contribution in [3.8, 4) is 0 Å². The van der Waals surface area contributed by atoms with E-state index < -0.39 is 0 Å². The topological polar surface area (TPSA) is 53.2 Å². The molecule has 20 heavy (non-hydrogen) atoms. The minimum atomic E-state index is 0.467. The molecule has 2 aromatic heterocycles. The molecule has 2 N–H and O–H groups in total. The molecular formula is C15H22N4O. The molecule has 0 bridgehead atoms. The molecule has 3 heterocycles. The monoisotopic (exact) mass is 274 g/mol. The van der Waals surface area contributed by atoms with Crippen molar-refractivity contribution in [3.63, 3.8) is 0 Å². The third-order valence-electron chi connectivity index (χ3n) is 3.81. The molecule has 1 aliphatic rings. The second-order valence-corrected chi connectivity index (χ2v) is 5.41. The van der Waals surface area contributed by atoms with Crippen molar-refractivity contribution in [1.82, 2.24) is 20.2 Å². The molecule has 3 rings (SSSR count). The Bertz CT molecular complexity index is 548. The zero-order valence-electron chi connectivity index (χ0n) is 11.9. The summed E-state index contributed by atoms with van der Waals surface area (Å²) in [7, 11) is 0. The van der Waals surface area contributed by atoms with Crippen molar-refractivity contribution >= 4 is 11.0 Å². The number of nitrogens with one attached hydrogen (secondary N) is 2. The van der Waals surface area contributed by atoms with Crippen LogP contribution in [0.25, 0.3) is 11.0 Å². The molecule has 0 aliphatic carbocycles. The van der Waals surface area contributed by atoms with E-state index in [0.29, 0.717) is 6.04 Å². The van der Waals surface area contributed by atoms with Crippen molar-refractivity contribution in [2.24, 2.45) is 0 Å². The van der Waals surface area contributed by atoms with Crippen molar-refractivity contribution in [1.29, 1.82) is 0 Å². The average Bonchev–Trinajstić information content (AvgIpc) is 2.89. The van der Waals surface area contributed by atoms with Crippen LogP contribution in [0.1, 0.15) is 12.5 Å². The molecule has 0 saturated carbocycles. The Morgan fingerprint density at radius 1 is 1.45 bits per heavy atom. The summed E-state index contributed by atoms with van der Waals surface area (Å²) in [5, 5.41) is 4.80. The number of rotatable bonds is 5. The highest BCUT2D eigenvalue weighted by molar-refractivity contribution is 5.79. The fraction of sp³-hybridized carbons (Fsp3) is 0.533. The summed E-state index contributed by atoms with van der Waals surface area (Å²) in [6, 6.07) is 4.56. The normalized spacial score (nSPS) is 18.4. The van der Waals surface area contributed by atoms with E-state index in [1.807, 2.05) is 18.5 Å². The van der Waals surface area contributed by atoms with Gasteiger partial charge in [-0.1, -0.05) is 0 Å². The first-order valence-electron chi connectivity index (χ1n) is 7.27. The van der Waals surface area contributed by atoms with E-state index in [1.165, 1.54) is 10.9 Å². The average molecular weight is 274 g/mol. The summed E-state index contributed by atoms with van der Waals surface area (Å²) >= 11 is 0. The minimum absolute atomic E-state index is 0.467. The Morgan fingerprint density at radius 3 is 3.15 bits per heavy atom. The Kier molecular flexibility index (Phi) is 4.30. The van der Waals surface area contributed by atoms with Crippen LogP contribution in [0.4, 0.5) is 0 Å². The lowest BCUT2D eigenvalue weighted by Crippen LogP contribution is -2.44. The standard InChI is InChI=1S/C15H22N4O/c1-12(11-19-5-7-20-8-6-19)17-9-13-10-18-15-14(13)3-2-4-16-15/h2-4,10,12,17H,5-9,11H2,1H3,(H,16,18). The van der Waals surface area contributed by atoms with E-state index in [0.717, 1.165) is 45.0 Å². The van der Waals surface area contributed by atoms with Crippen LogP contribution in [0.15, 0.2) is 24.5 Å². The van der Waals surface area contributed by atoms with Gasteiger partial charge in [-0.15, -0.1) is 0 Å². The first-order chi connectivity index (χ1) is 9.83. The zero-order chi connectivity index (χ0) is 13.8. The van der Waals surface area contributed by atoms with Gasteiger partial charge in [0.1, 0.15) is 5.65 Å². The van der Waals surface area contributed by atoms with Gasteiger partial charge in [-0.2, -0.15) is 0 Å². The highest BCUT2D eigenvalue weighted by Crippen LogP contribution is 2.15. The lowest BCUT2D eigenvalue weighted by molar-refractivity contribution is 0.0343. The van der Waals surface area contributed by atoms with Crippen molar-refractivity contribution in [3.05, 3.63) is 30.1 Å². The second-order valence-electron chi connectivity index (χ2n) is 5.41. The molecule has 1 saturated heterocycles. The Balaban J connectivity index is 1.53. The predicted octanol–water partition coefficient (Wildman–Crippen LogP) is 1.37. The molecule has 108 valence electrons. The number of fused-ring (bicyclic) bond motifs is 1. The van der Waals surface area contributed by atoms with Gasteiger partial charge in [0.05, 0.1) is 13.2 Å². The molecule has 0 spiro atoms. The van der Waals surface area contributed by atoms with Crippen LogP contribution >= 0.6 is 0 Å². The van der Waals surface area contributed by atoms with Crippen LogP contribution in [0, 0.1) is 0 Å². The maximum Gasteiger partial charge on any atom is 0.137 e. The maximum atomic E-state index is 5.38. The lowest BCUT2D eigenvalue weighted by Gasteiger charge is -2.29. The van der Waals surface area contributed by atoms with E-state index in [-0.39, 0.29) is 0 Å². The highest BCUT2D eigenvalue weighted by Gasteiger charge is 2.13. The number of hydrogen-bond acceptors (Lipinski definition) is 4. The minimum Gasteiger partial charge on any atom is -0.379 e. The van der Waals surface area contributed by atoms with Crippen LogP contribution in [0.2, 0.25) is 0 Å². The first-order valence-corrected chi connectivity index (χ1v) is 7.27. The van der Waals surface area contributed by atoms with Crippen molar-refractivity contribution in [2.75, 3.05) is 32.8 Å². The van der Waals surface area contributed by atoms with Crippen molar-refractivity contribution in [2.45, 2.75) is 19.5 Å². The summed E-state index contributed by atoms with van der Waals surface area (Å²) in [5.74, 6) is 0. The summed E-state index contributed by atoms with van der Waals surface area (Å²) in [6.07, 6.45) is 3.86. The molecule has 2 aromatic rings. The fourth-order valence-electron chi connectivity index (χ4n) is 2.68. The van der Waals surface area contributed by atoms with E-state index in [9.17, 15) is 0 Å². The van der Waals surface area contributed by atoms with Gasteiger partial charge in [-0.3, -0.25) is 4.90 Å². The first kappa shape index (κ1) is 13.5. The van der Waals surface area contributed by atoms with Crippen LogP contribution in [0.5, 0.6) is 0 Å². The van der Waals surface area contributed by atoms with Gasteiger partial charge in [0.15, 0.2) is 0 Å². The molecule has 1 unspecified atom stereocenters. The van der Waals surface area contributed by atoms with Crippen molar-refractivity contribution < 1.29 is 4.74 Å². The third kappa shape index (κ3) is 3.17. The number of morpholine rings is 1. The van der Waals surface area contributed by atoms with Gasteiger partial charge in [0, 0.05) is 50.0 Å². The molecule has 1 fully saturated rings. The van der Waals surface area contributed by atoms with Crippen LogP contribution in [-0.4, -0.2) is 53.8 Å². The molecule has 0 amide bonds. The molecular weight excluding hydrogens is 252 g/mol. The molecule has 1 aliphatic heterocycles. The van der Waals surface area contributed by atoms with Gasteiger partial charge >= 0.3 is 0 Å². The number of aromatic amines is 1. The van der Waals surface area contributed by atoms with Crippen LogP contribution < -0.4 is 5.32 Å². The summed E-state index contributed by atoms with van der Waals surface area (Å²) < 4.78 is 5.38. The number of nitrogens with zero attached hydrogens (tertiary/aromatic N) is 2. The molecule has 0 aromatic carbocycles. The molecule has 1 atom stereocenters. The van der Waals surface area contributed by atoms with Gasteiger partial charge in [0.2, 0.25) is 0 Å². The zero-order valence-corrected chi connectivity index (χ0v) is 11.9. The maximum absolute atomic E-state index is 5.38. The SMILES string of the molecule is CC(CN1CCOCC1)NCc1c[nH]c2ncccc12. The number of ether oxygens (including phenoxy) is 1. The fourth-order valence-corrected chi connectivity index (χ4v) is 2.68. The van der Waals surface area contributed by atoms with Crippen LogP contribution in [-0.2, 0) is 11.3 Å². The Hall–Kier alpha value is -1.43. The molecule has 5 heteroatoms. The summed E-state index contributed by atoms with van der Waals surface area (Å²) in [6.45, 7) is 8.00.